The summed E-state index contributed by atoms with van der Waals surface area (Å²) >= 11 is 7.45. The number of carbonyl (C=O) groups is 1. The molecule has 0 radical (unpaired) electrons. The van der Waals surface area contributed by atoms with E-state index in [1.54, 1.807) is 0 Å². The number of aromatic nitrogens is 2. The van der Waals surface area contributed by atoms with Gasteiger partial charge in [-0.3, -0.25) is 9.69 Å². The Hall–Kier alpha value is -3.22. The van der Waals surface area contributed by atoms with Crippen LogP contribution in [0, 0.1) is 0 Å². The van der Waals surface area contributed by atoms with Crippen LogP contribution >= 0.6 is 11.6 Å². The smallest absolute Gasteiger partial charge is 0.323 e. The summed E-state index contributed by atoms with van der Waals surface area (Å²) in [5, 5.41) is 3.13. The molecule has 3 atom stereocenters. The van der Waals surface area contributed by atoms with Crippen molar-refractivity contribution in [3.63, 3.8) is 0 Å². The first-order valence-electron chi connectivity index (χ1n) is 15.0. The van der Waals surface area contributed by atoms with E-state index in [0.29, 0.717) is 25.4 Å². The molecule has 1 aromatic heterocycles. The number of ether oxygens (including phenoxy) is 6. The highest BCUT2D eigenvalue weighted by Crippen LogP contribution is 2.47. The van der Waals surface area contributed by atoms with Crippen molar-refractivity contribution in [3.05, 3.63) is 59.7 Å². The Balaban J connectivity index is 1.36. The van der Waals surface area contributed by atoms with Gasteiger partial charge in [0.15, 0.2) is 0 Å². The molecule has 1 aliphatic carbocycles. The minimum atomic E-state index is -1.08. The molecule has 1 aromatic carbocycles. The van der Waals surface area contributed by atoms with Crippen LogP contribution in [0.1, 0.15) is 30.9 Å². The van der Waals surface area contributed by atoms with Crippen LogP contribution in [0.5, 0.6) is 17.8 Å². The van der Waals surface area contributed by atoms with Gasteiger partial charge in [-0.1, -0.05) is 42.5 Å². The number of nitrogens with zero attached hydrogens (tertiary/aromatic N) is 3. The minimum Gasteiger partial charge on any atom is -0.480 e. The molecular weight excluding hydrogens is 588 g/mol. The average Bonchev–Trinajstić information content (AvgIpc) is 3.60. The van der Waals surface area contributed by atoms with Gasteiger partial charge in [0.05, 0.1) is 34.0 Å². The fraction of sp³-hybridized carbons (Fsp3) is 0.531. The van der Waals surface area contributed by atoms with Crippen LogP contribution in [0.2, 0.25) is 0 Å². The molecular formula is C32H41ClN4O7. The van der Waals surface area contributed by atoms with Gasteiger partial charge in [0, 0.05) is 19.6 Å². The predicted molar refractivity (Wildman–Crippen MR) is 165 cm³/mol. The first-order valence-corrected chi connectivity index (χ1v) is 15.3. The van der Waals surface area contributed by atoms with Crippen molar-refractivity contribution in [2.75, 3.05) is 66.8 Å². The van der Waals surface area contributed by atoms with Crippen molar-refractivity contribution in [1.29, 1.82) is 0 Å². The predicted octanol–water partition coefficient (Wildman–Crippen LogP) is 3.41. The lowest BCUT2D eigenvalue weighted by molar-refractivity contribution is -0.147. The number of morpholine rings is 1. The van der Waals surface area contributed by atoms with Crippen LogP contribution in [0.15, 0.2) is 48.6 Å². The van der Waals surface area contributed by atoms with Gasteiger partial charge in [0.1, 0.15) is 35.3 Å². The Labute approximate surface area is 263 Å². The van der Waals surface area contributed by atoms with Crippen molar-refractivity contribution in [1.82, 2.24) is 20.2 Å². The van der Waals surface area contributed by atoms with E-state index in [1.165, 1.54) is 14.2 Å². The average molecular weight is 629 g/mol. The molecule has 1 N–H and O–H groups in total. The summed E-state index contributed by atoms with van der Waals surface area (Å²) in [6, 6.07) is 9.67. The molecule has 2 saturated heterocycles. The maximum atomic E-state index is 12.5. The topological polar surface area (TPSA) is 114 Å². The molecule has 0 spiro atoms. The van der Waals surface area contributed by atoms with Gasteiger partial charge in [0.25, 0.3) is 0 Å². The monoisotopic (exact) mass is 628 g/mol. The normalized spacial score (nSPS) is 25.4. The first kappa shape index (κ1) is 32.2. The number of rotatable bonds is 13. The maximum Gasteiger partial charge on any atom is 0.323 e. The highest BCUT2D eigenvalue weighted by molar-refractivity contribution is 6.31. The largest absolute Gasteiger partial charge is 0.480 e. The zero-order valence-electron chi connectivity index (χ0n) is 25.6. The van der Waals surface area contributed by atoms with Crippen molar-refractivity contribution in [2.24, 2.45) is 0 Å². The summed E-state index contributed by atoms with van der Waals surface area (Å²) in [6.45, 7) is 6.88. The van der Waals surface area contributed by atoms with Crippen LogP contribution in [0.4, 0.5) is 0 Å². The van der Waals surface area contributed by atoms with E-state index in [9.17, 15) is 4.79 Å². The summed E-state index contributed by atoms with van der Waals surface area (Å²) < 4.78 is 35.0. The number of halogens is 1. The van der Waals surface area contributed by atoms with Crippen molar-refractivity contribution in [3.8, 4) is 17.8 Å². The molecule has 2 aromatic rings. The van der Waals surface area contributed by atoms with E-state index >= 15 is 0 Å². The lowest BCUT2D eigenvalue weighted by Crippen LogP contribution is -2.56. The molecule has 0 amide bonds. The highest BCUT2D eigenvalue weighted by atomic mass is 35.5. The maximum absolute atomic E-state index is 12.5. The van der Waals surface area contributed by atoms with E-state index in [1.807, 2.05) is 55.5 Å². The summed E-state index contributed by atoms with van der Waals surface area (Å²) in [5.74, 6) is 0.0221. The molecule has 0 bridgehead atoms. The standard InChI is InChI=1S/C32H41ClN4O7/c1-31(33)25(23-9-5-4-6-10-23)11-7-13-32(31,44-20-17-37-15-18-41-19-16-37)22-43-30-35-27(39-2)24(28(36-30)40-3)21-42-29(38)26-12-8-14-34-26/h4-7,9-11,13,26,34H,8,12,14-22H2,1-3H3/t26-,31?,32?/m0/s1. The molecule has 3 aliphatic rings. The molecule has 12 heteroatoms. The van der Waals surface area contributed by atoms with Crippen LogP contribution in [0.25, 0.3) is 5.57 Å². The third-order valence-electron chi connectivity index (χ3n) is 8.30. The Kier molecular flexibility index (Phi) is 10.8. The fourth-order valence-electron chi connectivity index (χ4n) is 5.67. The van der Waals surface area contributed by atoms with E-state index in [2.05, 4.69) is 20.2 Å². The number of alkyl halides is 1. The van der Waals surface area contributed by atoms with Gasteiger partial charge in [-0.05, 0) is 43.5 Å². The molecule has 238 valence electrons. The second-order valence-corrected chi connectivity index (χ2v) is 11.8. The van der Waals surface area contributed by atoms with E-state index in [-0.39, 0.29) is 43.0 Å². The molecule has 3 heterocycles. The van der Waals surface area contributed by atoms with Gasteiger partial charge in [0.2, 0.25) is 11.8 Å². The third-order valence-corrected chi connectivity index (χ3v) is 8.82. The Morgan fingerprint density at radius 2 is 1.86 bits per heavy atom. The fourth-order valence-corrected chi connectivity index (χ4v) is 6.01. The number of hydrogen-bond acceptors (Lipinski definition) is 11. The van der Waals surface area contributed by atoms with Gasteiger partial charge < -0.3 is 33.7 Å². The summed E-state index contributed by atoms with van der Waals surface area (Å²) in [5.41, 5.74) is 1.22. The Bertz CT molecular complexity index is 1300. The molecule has 5 rings (SSSR count). The number of benzene rings is 1. The van der Waals surface area contributed by atoms with Gasteiger partial charge in [-0.2, -0.15) is 9.97 Å². The number of hydrogen-bond donors (Lipinski definition) is 1. The van der Waals surface area contributed by atoms with Crippen LogP contribution in [-0.2, 0) is 25.6 Å². The molecule has 0 saturated carbocycles. The number of allylic oxidation sites excluding steroid dienone is 2. The Morgan fingerprint density at radius 1 is 1.14 bits per heavy atom. The second-order valence-electron chi connectivity index (χ2n) is 11.0. The van der Waals surface area contributed by atoms with Crippen LogP contribution < -0.4 is 19.5 Å². The van der Waals surface area contributed by atoms with Crippen LogP contribution in [0.3, 0.4) is 0 Å². The lowest BCUT2D eigenvalue weighted by Gasteiger charge is -2.45. The quantitative estimate of drug-likeness (QED) is 0.260. The van der Waals surface area contributed by atoms with Crippen LogP contribution in [-0.4, -0.2) is 104 Å². The van der Waals surface area contributed by atoms with Gasteiger partial charge in [-0.15, -0.1) is 11.6 Å². The SMILES string of the molecule is COc1nc(OCC2(OCCN3CCOCC3)C=CC=C(c3ccccc3)C2(C)Cl)nc(OC)c1COC(=O)[C@@H]1CCCN1. The lowest BCUT2D eigenvalue weighted by atomic mass is 9.76. The zero-order valence-corrected chi connectivity index (χ0v) is 26.3. The molecule has 2 aliphatic heterocycles. The summed E-state index contributed by atoms with van der Waals surface area (Å²) in [6.07, 6.45) is 7.56. The number of nitrogens with one attached hydrogen (secondary N) is 1. The van der Waals surface area contributed by atoms with Crippen molar-refractivity contribution < 1.29 is 33.2 Å². The summed E-state index contributed by atoms with van der Waals surface area (Å²) in [4.78, 5) is 22.7. The molecule has 11 nitrogen and oxygen atoms in total. The molecule has 2 unspecified atom stereocenters. The minimum absolute atomic E-state index is 0.00474. The van der Waals surface area contributed by atoms with E-state index < -0.39 is 10.5 Å². The first-order chi connectivity index (χ1) is 21.4. The van der Waals surface area contributed by atoms with Gasteiger partial charge in [-0.25, -0.2) is 0 Å². The van der Waals surface area contributed by atoms with Gasteiger partial charge >= 0.3 is 12.0 Å². The number of carbonyl (C=O) groups excluding carboxylic acids is 1. The van der Waals surface area contributed by atoms with Crippen molar-refractivity contribution in [2.45, 2.75) is 42.9 Å². The second kappa shape index (κ2) is 14.7. The third kappa shape index (κ3) is 7.18. The number of esters is 1. The Morgan fingerprint density at radius 3 is 2.52 bits per heavy atom. The van der Waals surface area contributed by atoms with E-state index in [0.717, 1.165) is 50.2 Å². The number of methoxy groups -OCH3 is 2. The molecule has 44 heavy (non-hydrogen) atoms. The van der Waals surface area contributed by atoms with Crippen molar-refractivity contribution >= 4 is 23.1 Å². The van der Waals surface area contributed by atoms with E-state index in [4.69, 9.17) is 40.0 Å². The molecule has 2 fully saturated rings. The zero-order chi connectivity index (χ0) is 31.0. The summed E-state index contributed by atoms with van der Waals surface area (Å²) in [7, 11) is 2.95. The highest BCUT2D eigenvalue weighted by Gasteiger charge is 2.51.